The number of amides is 1. The number of benzene rings is 1. The van der Waals surface area contributed by atoms with Crippen molar-refractivity contribution in [1.29, 1.82) is 0 Å². The molecule has 8 heteroatoms. The fourth-order valence-corrected chi connectivity index (χ4v) is 3.17. The van der Waals surface area contributed by atoms with Crippen molar-refractivity contribution < 1.29 is 9.72 Å². The standard InChI is InChI=1S/C18H15ClN4O3/c19-15-7-4-12(9-16(15)23(25)26)18(24)22(13-5-6-13)11-14-10-20-17-3-1-2-8-21(14)17/h1-4,7-10,13H,5-6,11H2. The molecule has 1 fully saturated rings. The minimum absolute atomic E-state index is 0.0197. The number of nitro benzene ring substituents is 1. The molecule has 1 aromatic carbocycles. The number of pyridine rings is 1. The van der Waals surface area contributed by atoms with Gasteiger partial charge in [0.05, 0.1) is 23.4 Å². The summed E-state index contributed by atoms with van der Waals surface area (Å²) in [7, 11) is 0. The maximum atomic E-state index is 13.0. The van der Waals surface area contributed by atoms with Crippen LogP contribution in [0.4, 0.5) is 5.69 Å². The number of hydrogen-bond acceptors (Lipinski definition) is 4. The number of rotatable bonds is 5. The van der Waals surface area contributed by atoms with Crippen molar-refractivity contribution in [3.8, 4) is 0 Å². The van der Waals surface area contributed by atoms with Gasteiger partial charge in [-0.1, -0.05) is 17.7 Å². The molecule has 132 valence electrons. The van der Waals surface area contributed by atoms with E-state index in [0.29, 0.717) is 6.54 Å². The van der Waals surface area contributed by atoms with Crippen molar-refractivity contribution in [1.82, 2.24) is 14.3 Å². The van der Waals surface area contributed by atoms with Gasteiger partial charge in [0.1, 0.15) is 10.7 Å². The van der Waals surface area contributed by atoms with Crippen molar-refractivity contribution in [2.24, 2.45) is 0 Å². The lowest BCUT2D eigenvalue weighted by Crippen LogP contribution is -2.33. The van der Waals surface area contributed by atoms with Crippen molar-refractivity contribution in [2.45, 2.75) is 25.4 Å². The van der Waals surface area contributed by atoms with Crippen LogP contribution in [0.25, 0.3) is 5.65 Å². The average Bonchev–Trinajstić information content (AvgIpc) is 3.40. The Hall–Kier alpha value is -2.93. The van der Waals surface area contributed by atoms with E-state index < -0.39 is 4.92 Å². The molecule has 26 heavy (non-hydrogen) atoms. The maximum Gasteiger partial charge on any atom is 0.288 e. The molecule has 2 aromatic heterocycles. The Morgan fingerprint density at radius 2 is 2.15 bits per heavy atom. The number of imidazole rings is 1. The monoisotopic (exact) mass is 370 g/mol. The highest BCUT2D eigenvalue weighted by atomic mass is 35.5. The summed E-state index contributed by atoms with van der Waals surface area (Å²) in [5, 5.41) is 11.1. The third-order valence-electron chi connectivity index (χ3n) is 4.46. The normalized spacial score (nSPS) is 13.7. The van der Waals surface area contributed by atoms with E-state index in [4.69, 9.17) is 11.6 Å². The molecule has 2 heterocycles. The molecule has 1 aliphatic carbocycles. The summed E-state index contributed by atoms with van der Waals surface area (Å²) >= 11 is 5.85. The molecule has 0 unspecified atom stereocenters. The molecular formula is C18H15ClN4O3. The number of nitro groups is 1. The van der Waals surface area contributed by atoms with Crippen molar-refractivity contribution in [3.05, 3.63) is 75.2 Å². The van der Waals surface area contributed by atoms with E-state index in [1.165, 1.54) is 18.2 Å². The second-order valence-electron chi connectivity index (χ2n) is 6.27. The molecule has 1 saturated carbocycles. The van der Waals surface area contributed by atoms with E-state index in [-0.39, 0.29) is 28.2 Å². The van der Waals surface area contributed by atoms with Crippen LogP contribution in [0.3, 0.4) is 0 Å². The number of carbonyl (C=O) groups is 1. The van der Waals surface area contributed by atoms with Gasteiger partial charge in [-0.2, -0.15) is 0 Å². The van der Waals surface area contributed by atoms with E-state index in [1.54, 1.807) is 11.1 Å². The van der Waals surface area contributed by atoms with E-state index in [0.717, 1.165) is 24.2 Å². The molecule has 0 bridgehead atoms. The second kappa shape index (κ2) is 6.42. The number of carbonyl (C=O) groups excluding carboxylic acids is 1. The molecule has 0 saturated heterocycles. The molecule has 0 radical (unpaired) electrons. The first-order chi connectivity index (χ1) is 12.5. The van der Waals surface area contributed by atoms with Crippen LogP contribution < -0.4 is 0 Å². The third-order valence-corrected chi connectivity index (χ3v) is 4.78. The second-order valence-corrected chi connectivity index (χ2v) is 6.67. The van der Waals surface area contributed by atoms with Gasteiger partial charge in [0.15, 0.2) is 0 Å². The highest BCUT2D eigenvalue weighted by Gasteiger charge is 2.34. The molecule has 7 nitrogen and oxygen atoms in total. The number of aromatic nitrogens is 2. The summed E-state index contributed by atoms with van der Waals surface area (Å²) in [4.78, 5) is 29.6. The predicted octanol–water partition coefficient (Wildman–Crippen LogP) is 3.70. The minimum Gasteiger partial charge on any atom is -0.330 e. The van der Waals surface area contributed by atoms with Crippen molar-refractivity contribution >= 4 is 28.8 Å². The lowest BCUT2D eigenvalue weighted by molar-refractivity contribution is -0.384. The Kier molecular flexibility index (Phi) is 4.08. The van der Waals surface area contributed by atoms with Crippen LogP contribution >= 0.6 is 11.6 Å². The van der Waals surface area contributed by atoms with E-state index >= 15 is 0 Å². The SMILES string of the molecule is O=C(c1ccc(Cl)c([N+](=O)[O-])c1)N(Cc1cnc2ccccn12)C1CC1. The smallest absolute Gasteiger partial charge is 0.288 e. The largest absolute Gasteiger partial charge is 0.330 e. The third kappa shape index (κ3) is 3.01. The van der Waals surface area contributed by atoms with Crippen LogP contribution in [-0.4, -0.2) is 31.2 Å². The maximum absolute atomic E-state index is 13.0. The summed E-state index contributed by atoms with van der Waals surface area (Å²) in [6, 6.07) is 10.0. The van der Waals surface area contributed by atoms with E-state index in [1.807, 2.05) is 28.8 Å². The van der Waals surface area contributed by atoms with Gasteiger partial charge in [-0.3, -0.25) is 14.9 Å². The Bertz CT molecular complexity index is 1010. The summed E-state index contributed by atoms with van der Waals surface area (Å²) in [5.74, 6) is -0.238. The molecule has 0 N–H and O–H groups in total. The van der Waals surface area contributed by atoms with Crippen LogP contribution in [0, 0.1) is 10.1 Å². The Morgan fingerprint density at radius 3 is 2.88 bits per heavy atom. The van der Waals surface area contributed by atoms with Gasteiger partial charge < -0.3 is 9.30 Å². The highest BCUT2D eigenvalue weighted by molar-refractivity contribution is 6.32. The van der Waals surface area contributed by atoms with Gasteiger partial charge in [-0.25, -0.2) is 4.98 Å². The number of fused-ring (bicyclic) bond motifs is 1. The predicted molar refractivity (Wildman–Crippen MR) is 96.2 cm³/mol. The first-order valence-corrected chi connectivity index (χ1v) is 8.58. The molecule has 4 rings (SSSR count). The van der Waals surface area contributed by atoms with Gasteiger partial charge in [-0.15, -0.1) is 0 Å². The summed E-state index contributed by atoms with van der Waals surface area (Å²) in [6.07, 6.45) is 5.51. The topological polar surface area (TPSA) is 80.8 Å². The van der Waals surface area contributed by atoms with Crippen LogP contribution in [0.2, 0.25) is 5.02 Å². The highest BCUT2D eigenvalue weighted by Crippen LogP contribution is 2.32. The van der Waals surface area contributed by atoms with Gasteiger partial charge in [0, 0.05) is 23.9 Å². The molecule has 0 atom stereocenters. The quantitative estimate of drug-likeness (QED) is 0.506. The lowest BCUT2D eigenvalue weighted by atomic mass is 10.1. The van der Waals surface area contributed by atoms with Crippen LogP contribution in [0.1, 0.15) is 28.9 Å². The van der Waals surface area contributed by atoms with Gasteiger partial charge >= 0.3 is 0 Å². The average molecular weight is 371 g/mol. The molecule has 1 aliphatic rings. The summed E-state index contributed by atoms with van der Waals surface area (Å²) < 4.78 is 1.94. The fourth-order valence-electron chi connectivity index (χ4n) is 2.98. The first-order valence-electron chi connectivity index (χ1n) is 8.20. The van der Waals surface area contributed by atoms with E-state index in [2.05, 4.69) is 4.98 Å². The minimum atomic E-state index is -0.578. The van der Waals surface area contributed by atoms with Crippen LogP contribution in [0.15, 0.2) is 48.8 Å². The number of hydrogen-bond donors (Lipinski definition) is 0. The first kappa shape index (κ1) is 16.5. The molecule has 1 amide bonds. The summed E-state index contributed by atoms with van der Waals surface area (Å²) in [5.41, 5.74) is 1.71. The Morgan fingerprint density at radius 1 is 1.35 bits per heavy atom. The Labute approximate surface area is 154 Å². The van der Waals surface area contributed by atoms with Crippen molar-refractivity contribution in [3.63, 3.8) is 0 Å². The molecule has 3 aromatic rings. The molecular weight excluding hydrogens is 356 g/mol. The molecule has 0 spiro atoms. The lowest BCUT2D eigenvalue weighted by Gasteiger charge is -2.22. The number of halogens is 1. The Balaban J connectivity index is 1.66. The fraction of sp³-hybridized carbons (Fsp3) is 0.222. The molecule has 0 aliphatic heterocycles. The van der Waals surface area contributed by atoms with E-state index in [9.17, 15) is 14.9 Å². The zero-order valence-electron chi connectivity index (χ0n) is 13.7. The van der Waals surface area contributed by atoms with Gasteiger partial charge in [0.2, 0.25) is 0 Å². The summed E-state index contributed by atoms with van der Waals surface area (Å²) in [6.45, 7) is 0.394. The van der Waals surface area contributed by atoms with Crippen LogP contribution in [-0.2, 0) is 6.54 Å². The number of nitrogens with zero attached hydrogens (tertiary/aromatic N) is 4. The van der Waals surface area contributed by atoms with Gasteiger partial charge in [-0.05, 0) is 37.1 Å². The van der Waals surface area contributed by atoms with Gasteiger partial charge in [0.25, 0.3) is 11.6 Å². The van der Waals surface area contributed by atoms with Crippen molar-refractivity contribution in [2.75, 3.05) is 0 Å². The zero-order chi connectivity index (χ0) is 18.3. The van der Waals surface area contributed by atoms with Crippen LogP contribution in [0.5, 0.6) is 0 Å². The zero-order valence-corrected chi connectivity index (χ0v) is 14.5.